The van der Waals surface area contributed by atoms with Crippen molar-refractivity contribution in [3.63, 3.8) is 0 Å². The Morgan fingerprint density at radius 1 is 1.21 bits per heavy atom. The van der Waals surface area contributed by atoms with Crippen LogP contribution in [0.1, 0.15) is 6.92 Å². The molecule has 0 unspecified atom stereocenters. The Morgan fingerprint density at radius 3 is 2.36 bits per heavy atom. The number of rotatable bonds is 6. The van der Waals surface area contributed by atoms with Crippen molar-refractivity contribution in [3.05, 3.63) is 34.2 Å². The fourth-order valence-electron chi connectivity index (χ4n) is 2.65. The van der Waals surface area contributed by atoms with E-state index in [-0.39, 0.29) is 50.0 Å². The van der Waals surface area contributed by atoms with Crippen molar-refractivity contribution in [3.8, 4) is 0 Å². The van der Waals surface area contributed by atoms with Gasteiger partial charge in [0, 0.05) is 43.7 Å². The van der Waals surface area contributed by atoms with Gasteiger partial charge in [-0.2, -0.15) is 0 Å². The SMILES string of the molecule is CC(=O)OCC(=O)NCC(=O)N1CCN(c2c(F)cc(N=[N+]=[N-])cc2F)CC1. The number of benzene rings is 1. The Hall–Kier alpha value is -3.40. The van der Waals surface area contributed by atoms with E-state index in [0.29, 0.717) is 0 Å². The number of nitrogens with zero attached hydrogens (tertiary/aromatic N) is 5. The van der Waals surface area contributed by atoms with E-state index in [2.05, 4.69) is 20.1 Å². The molecule has 0 spiro atoms. The van der Waals surface area contributed by atoms with Crippen molar-refractivity contribution >= 4 is 29.2 Å². The van der Waals surface area contributed by atoms with Crippen molar-refractivity contribution in [2.75, 3.05) is 44.2 Å². The van der Waals surface area contributed by atoms with Crippen LogP contribution in [0.2, 0.25) is 0 Å². The first-order chi connectivity index (χ1) is 13.3. The summed E-state index contributed by atoms with van der Waals surface area (Å²) < 4.78 is 32.9. The molecular weight excluding hydrogens is 378 g/mol. The molecule has 0 bridgehead atoms. The van der Waals surface area contributed by atoms with Crippen molar-refractivity contribution in [1.82, 2.24) is 10.2 Å². The maximum absolute atomic E-state index is 14.2. The zero-order valence-corrected chi connectivity index (χ0v) is 15.0. The highest BCUT2D eigenvalue weighted by Gasteiger charge is 2.25. The predicted octanol–water partition coefficient (Wildman–Crippen LogP) is 1.23. The largest absolute Gasteiger partial charge is 0.456 e. The van der Waals surface area contributed by atoms with Gasteiger partial charge in [0.05, 0.1) is 6.54 Å². The highest BCUT2D eigenvalue weighted by Crippen LogP contribution is 2.29. The number of azide groups is 1. The van der Waals surface area contributed by atoms with Crippen molar-refractivity contribution in [2.45, 2.75) is 6.92 Å². The van der Waals surface area contributed by atoms with Crippen LogP contribution in [0.25, 0.3) is 10.4 Å². The second-order valence-corrected chi connectivity index (χ2v) is 5.87. The van der Waals surface area contributed by atoms with Gasteiger partial charge >= 0.3 is 5.97 Å². The van der Waals surface area contributed by atoms with E-state index in [4.69, 9.17) is 5.53 Å². The molecule has 10 nitrogen and oxygen atoms in total. The summed E-state index contributed by atoms with van der Waals surface area (Å²) in [7, 11) is 0. The van der Waals surface area contributed by atoms with Gasteiger partial charge < -0.3 is 19.9 Å². The Kier molecular flexibility index (Phi) is 7.10. The molecule has 1 aromatic rings. The molecule has 1 saturated heterocycles. The number of piperazine rings is 1. The molecule has 1 heterocycles. The van der Waals surface area contributed by atoms with E-state index >= 15 is 0 Å². The molecule has 0 aromatic heterocycles. The number of hydrogen-bond donors (Lipinski definition) is 1. The van der Waals surface area contributed by atoms with Crippen LogP contribution < -0.4 is 10.2 Å². The molecule has 1 aliphatic heterocycles. The number of amides is 2. The minimum absolute atomic E-state index is 0.167. The monoisotopic (exact) mass is 396 g/mol. The van der Waals surface area contributed by atoms with Crippen LogP contribution in [0.15, 0.2) is 17.2 Å². The molecule has 0 aliphatic carbocycles. The van der Waals surface area contributed by atoms with Gasteiger partial charge in [-0.15, -0.1) is 0 Å². The molecule has 2 rings (SSSR count). The number of esters is 1. The predicted molar refractivity (Wildman–Crippen MR) is 93.6 cm³/mol. The third kappa shape index (κ3) is 5.55. The normalized spacial score (nSPS) is 13.5. The smallest absolute Gasteiger partial charge is 0.303 e. The molecular formula is C16H18F2N6O4. The molecule has 1 fully saturated rings. The van der Waals surface area contributed by atoms with E-state index in [1.165, 1.54) is 9.80 Å². The molecule has 2 amide bonds. The summed E-state index contributed by atoms with van der Waals surface area (Å²) in [6.07, 6.45) is 0. The third-order valence-electron chi connectivity index (χ3n) is 3.95. The second kappa shape index (κ2) is 9.51. The second-order valence-electron chi connectivity index (χ2n) is 5.87. The Morgan fingerprint density at radius 2 is 1.82 bits per heavy atom. The lowest BCUT2D eigenvalue weighted by Crippen LogP contribution is -2.51. The maximum atomic E-state index is 14.2. The fourth-order valence-corrected chi connectivity index (χ4v) is 2.65. The highest BCUT2D eigenvalue weighted by molar-refractivity contribution is 5.86. The zero-order valence-electron chi connectivity index (χ0n) is 15.0. The number of carbonyl (C=O) groups excluding carboxylic acids is 3. The van der Waals surface area contributed by atoms with E-state index in [9.17, 15) is 23.2 Å². The standard InChI is InChI=1S/C16H18F2N6O4/c1-10(25)28-9-14(26)20-8-15(27)23-2-4-24(5-3-23)16-12(17)6-11(21-22-19)7-13(16)18/h6-7H,2-5,8-9H2,1H3,(H,20,26). The van der Waals surface area contributed by atoms with E-state index in [1.54, 1.807) is 0 Å². The number of nitrogens with one attached hydrogen (secondary N) is 1. The van der Waals surface area contributed by atoms with Crippen LogP contribution in [0, 0.1) is 11.6 Å². The summed E-state index contributed by atoms with van der Waals surface area (Å²) in [6, 6.07) is 1.88. The van der Waals surface area contributed by atoms with E-state index in [0.717, 1.165) is 19.1 Å². The lowest BCUT2D eigenvalue weighted by Gasteiger charge is -2.36. The average molecular weight is 396 g/mol. The molecule has 28 heavy (non-hydrogen) atoms. The molecule has 1 aliphatic rings. The zero-order chi connectivity index (χ0) is 20.7. The quantitative estimate of drug-likeness (QED) is 0.335. The van der Waals surface area contributed by atoms with E-state index < -0.39 is 30.1 Å². The first-order valence-corrected chi connectivity index (χ1v) is 8.28. The van der Waals surface area contributed by atoms with Gasteiger partial charge in [0.2, 0.25) is 5.91 Å². The number of carbonyl (C=O) groups is 3. The Labute approximate surface area is 158 Å². The Balaban J connectivity index is 1.89. The summed E-state index contributed by atoms with van der Waals surface area (Å²) >= 11 is 0. The lowest BCUT2D eigenvalue weighted by atomic mass is 10.2. The van der Waals surface area contributed by atoms with Gasteiger partial charge in [0.1, 0.15) is 17.3 Å². The summed E-state index contributed by atoms with van der Waals surface area (Å²) in [5, 5.41) is 5.51. The van der Waals surface area contributed by atoms with Gasteiger partial charge in [-0.25, -0.2) is 8.78 Å². The minimum atomic E-state index is -0.861. The molecule has 0 saturated carbocycles. The topological polar surface area (TPSA) is 128 Å². The first-order valence-electron chi connectivity index (χ1n) is 8.28. The Bertz CT molecular complexity index is 796. The van der Waals surface area contributed by atoms with Gasteiger partial charge in [-0.05, 0) is 17.7 Å². The average Bonchev–Trinajstić information content (AvgIpc) is 2.64. The molecule has 1 N–H and O–H groups in total. The highest BCUT2D eigenvalue weighted by atomic mass is 19.1. The number of anilines is 1. The van der Waals surface area contributed by atoms with Gasteiger partial charge in [0.25, 0.3) is 5.91 Å². The third-order valence-corrected chi connectivity index (χ3v) is 3.95. The first kappa shape index (κ1) is 20.9. The van der Waals surface area contributed by atoms with Crippen LogP contribution in [0.5, 0.6) is 0 Å². The molecule has 0 atom stereocenters. The van der Waals surface area contributed by atoms with Crippen LogP contribution in [-0.2, 0) is 19.1 Å². The van der Waals surface area contributed by atoms with Crippen LogP contribution >= 0.6 is 0 Å². The van der Waals surface area contributed by atoms with Crippen molar-refractivity contribution in [2.24, 2.45) is 5.11 Å². The number of ether oxygens (including phenoxy) is 1. The summed E-state index contributed by atoms with van der Waals surface area (Å²) in [6.45, 7) is 1.19. The maximum Gasteiger partial charge on any atom is 0.303 e. The summed E-state index contributed by atoms with van der Waals surface area (Å²) in [4.78, 5) is 39.6. The molecule has 12 heteroatoms. The van der Waals surface area contributed by atoms with Crippen molar-refractivity contribution < 1.29 is 27.9 Å². The number of hydrogen-bond acceptors (Lipinski definition) is 6. The van der Waals surface area contributed by atoms with Crippen LogP contribution in [0.4, 0.5) is 20.2 Å². The molecule has 1 aromatic carbocycles. The molecule has 150 valence electrons. The van der Waals surface area contributed by atoms with Gasteiger partial charge in [-0.3, -0.25) is 14.4 Å². The summed E-state index contributed by atoms with van der Waals surface area (Å²) in [5.74, 6) is -3.30. The van der Waals surface area contributed by atoms with Gasteiger partial charge in [0.15, 0.2) is 6.61 Å². The molecule has 0 radical (unpaired) electrons. The van der Waals surface area contributed by atoms with Crippen LogP contribution in [0.3, 0.4) is 0 Å². The van der Waals surface area contributed by atoms with Crippen molar-refractivity contribution in [1.29, 1.82) is 0 Å². The van der Waals surface area contributed by atoms with Crippen LogP contribution in [-0.4, -0.2) is 62.0 Å². The summed E-state index contributed by atoms with van der Waals surface area (Å²) in [5.41, 5.74) is 7.93. The fraction of sp³-hybridized carbons (Fsp3) is 0.438. The van der Waals surface area contributed by atoms with Gasteiger partial charge in [-0.1, -0.05) is 5.11 Å². The lowest BCUT2D eigenvalue weighted by molar-refractivity contribution is -0.146. The van der Waals surface area contributed by atoms with E-state index in [1.807, 2.05) is 0 Å². The minimum Gasteiger partial charge on any atom is -0.456 e. The number of halogens is 2.